The van der Waals surface area contributed by atoms with Crippen LogP contribution in [0.25, 0.3) is 0 Å². The van der Waals surface area contributed by atoms with Crippen molar-refractivity contribution < 1.29 is 14.3 Å². The van der Waals surface area contributed by atoms with Crippen LogP contribution in [-0.2, 0) is 9.53 Å². The van der Waals surface area contributed by atoms with Gasteiger partial charge in [-0.1, -0.05) is 66.7 Å². The molecule has 1 aromatic heterocycles. The Labute approximate surface area is 158 Å². The number of hydrogen-bond acceptors (Lipinski definition) is 4. The van der Waals surface area contributed by atoms with Gasteiger partial charge >= 0.3 is 5.97 Å². The zero-order valence-electron chi connectivity index (χ0n) is 14.9. The van der Waals surface area contributed by atoms with Gasteiger partial charge in [-0.05, 0) is 23.3 Å². The first-order valence-corrected chi connectivity index (χ1v) is 8.60. The van der Waals surface area contributed by atoms with Crippen LogP contribution in [0.3, 0.4) is 0 Å². The lowest BCUT2D eigenvalue weighted by molar-refractivity contribution is -0.143. The lowest BCUT2D eigenvalue weighted by Gasteiger charge is -2.27. The van der Waals surface area contributed by atoms with E-state index >= 15 is 0 Å². The first kappa shape index (κ1) is 18.3. The van der Waals surface area contributed by atoms with E-state index < -0.39 is 23.8 Å². The number of nitrogens with zero attached hydrogens (tertiary/aromatic N) is 1. The summed E-state index contributed by atoms with van der Waals surface area (Å²) in [6.45, 7) is 0. The van der Waals surface area contributed by atoms with Gasteiger partial charge in [0.25, 0.3) is 5.91 Å². The summed E-state index contributed by atoms with van der Waals surface area (Å²) in [5.74, 6) is -1.34. The minimum atomic E-state index is -0.894. The molecular weight excluding hydrogens is 340 g/mol. The number of esters is 1. The Kier molecular flexibility index (Phi) is 5.94. The fourth-order valence-electron chi connectivity index (χ4n) is 3.02. The Hall–Kier alpha value is -3.47. The van der Waals surface area contributed by atoms with Crippen molar-refractivity contribution in [2.24, 2.45) is 0 Å². The number of pyridine rings is 1. The van der Waals surface area contributed by atoms with Crippen LogP contribution >= 0.6 is 0 Å². The van der Waals surface area contributed by atoms with Gasteiger partial charge in [-0.3, -0.25) is 9.78 Å². The molecule has 1 amide bonds. The number of benzene rings is 2. The molecule has 1 N–H and O–H groups in total. The molecule has 5 heteroatoms. The Morgan fingerprint density at radius 3 is 1.89 bits per heavy atom. The second-order valence-corrected chi connectivity index (χ2v) is 5.99. The molecule has 136 valence electrons. The lowest BCUT2D eigenvalue weighted by Crippen LogP contribution is -2.46. The van der Waals surface area contributed by atoms with Gasteiger partial charge in [-0.15, -0.1) is 0 Å². The maximum absolute atomic E-state index is 12.7. The Morgan fingerprint density at radius 2 is 1.41 bits per heavy atom. The molecule has 5 nitrogen and oxygen atoms in total. The molecule has 3 rings (SSSR count). The number of carbonyl (C=O) groups excluding carboxylic acids is 2. The highest BCUT2D eigenvalue weighted by molar-refractivity contribution is 5.95. The third kappa shape index (κ3) is 4.39. The van der Waals surface area contributed by atoms with Gasteiger partial charge < -0.3 is 10.1 Å². The van der Waals surface area contributed by atoms with E-state index in [9.17, 15) is 9.59 Å². The largest absolute Gasteiger partial charge is 0.467 e. The first-order chi connectivity index (χ1) is 13.2. The van der Waals surface area contributed by atoms with Crippen molar-refractivity contribution in [2.75, 3.05) is 7.11 Å². The number of nitrogens with one attached hydrogen (secondary N) is 1. The van der Waals surface area contributed by atoms with E-state index in [1.54, 1.807) is 18.2 Å². The molecule has 1 atom stereocenters. The fourth-order valence-corrected chi connectivity index (χ4v) is 3.02. The number of aromatic nitrogens is 1. The summed E-state index contributed by atoms with van der Waals surface area (Å²) in [5.41, 5.74) is 2.05. The highest BCUT2D eigenvalue weighted by atomic mass is 16.5. The smallest absolute Gasteiger partial charge is 0.329 e. The summed E-state index contributed by atoms with van der Waals surface area (Å²) in [5, 5.41) is 2.81. The Bertz CT molecular complexity index is 844. The van der Waals surface area contributed by atoms with Crippen molar-refractivity contribution in [3.63, 3.8) is 0 Å². The molecule has 0 aliphatic rings. The molecule has 0 saturated heterocycles. The summed E-state index contributed by atoms with van der Waals surface area (Å²) >= 11 is 0. The maximum atomic E-state index is 12.7. The average Bonchev–Trinajstić information content (AvgIpc) is 2.74. The predicted molar refractivity (Wildman–Crippen MR) is 102 cm³/mol. The van der Waals surface area contributed by atoms with Crippen LogP contribution in [0.4, 0.5) is 0 Å². The second kappa shape index (κ2) is 8.76. The molecule has 0 radical (unpaired) electrons. The molecule has 0 aliphatic carbocycles. The van der Waals surface area contributed by atoms with Crippen LogP contribution in [0.1, 0.15) is 27.5 Å². The second-order valence-electron chi connectivity index (χ2n) is 5.99. The molecule has 0 unspecified atom stereocenters. The van der Waals surface area contributed by atoms with Crippen LogP contribution in [0, 0.1) is 0 Å². The van der Waals surface area contributed by atoms with E-state index in [0.717, 1.165) is 11.1 Å². The molecule has 0 fully saturated rings. The number of hydrogen-bond donors (Lipinski definition) is 1. The standard InChI is InChI=1S/C22H20N2O3/c1-27-22(26)20(24-21(25)18-14-8-9-15-23-18)19(16-10-4-2-5-11-16)17-12-6-3-7-13-17/h2-15,19-20H,1H3,(H,24,25)/t20-/m1/s1. The van der Waals surface area contributed by atoms with E-state index in [2.05, 4.69) is 10.3 Å². The van der Waals surface area contributed by atoms with Gasteiger partial charge in [0.15, 0.2) is 0 Å². The Morgan fingerprint density at radius 1 is 0.852 bits per heavy atom. The van der Waals surface area contributed by atoms with Crippen molar-refractivity contribution in [1.29, 1.82) is 0 Å². The zero-order chi connectivity index (χ0) is 19.1. The predicted octanol–water partition coefficient (Wildman–Crippen LogP) is 3.19. The van der Waals surface area contributed by atoms with Crippen molar-refractivity contribution in [3.8, 4) is 0 Å². The number of rotatable bonds is 6. The molecular formula is C22H20N2O3. The van der Waals surface area contributed by atoms with E-state index in [-0.39, 0.29) is 5.69 Å². The minimum Gasteiger partial charge on any atom is -0.467 e. The van der Waals surface area contributed by atoms with Crippen molar-refractivity contribution in [2.45, 2.75) is 12.0 Å². The van der Waals surface area contributed by atoms with Gasteiger partial charge in [-0.2, -0.15) is 0 Å². The third-order valence-corrected chi connectivity index (χ3v) is 4.29. The third-order valence-electron chi connectivity index (χ3n) is 4.29. The molecule has 2 aromatic carbocycles. The molecule has 1 heterocycles. The number of amides is 1. The molecule has 0 bridgehead atoms. The topological polar surface area (TPSA) is 68.3 Å². The SMILES string of the molecule is COC(=O)[C@H](NC(=O)c1ccccn1)C(c1ccccc1)c1ccccc1. The van der Waals surface area contributed by atoms with Crippen molar-refractivity contribution >= 4 is 11.9 Å². The highest BCUT2D eigenvalue weighted by Crippen LogP contribution is 2.29. The molecule has 27 heavy (non-hydrogen) atoms. The molecule has 0 aliphatic heterocycles. The summed E-state index contributed by atoms with van der Waals surface area (Å²) in [7, 11) is 1.31. The number of methoxy groups -OCH3 is 1. The molecule has 3 aromatic rings. The summed E-state index contributed by atoms with van der Waals surface area (Å²) in [6, 6.07) is 23.3. The molecule has 0 saturated carbocycles. The van der Waals surface area contributed by atoms with E-state index in [0.29, 0.717) is 0 Å². The Balaban J connectivity index is 2.01. The van der Waals surface area contributed by atoms with Gasteiger partial charge in [0.2, 0.25) is 0 Å². The van der Waals surface area contributed by atoms with Gasteiger partial charge in [0, 0.05) is 12.1 Å². The number of ether oxygens (including phenoxy) is 1. The normalized spacial score (nSPS) is 11.6. The van der Waals surface area contributed by atoms with Crippen LogP contribution in [0.2, 0.25) is 0 Å². The summed E-state index contributed by atoms with van der Waals surface area (Å²) < 4.78 is 5.00. The zero-order valence-corrected chi connectivity index (χ0v) is 14.9. The molecule has 0 spiro atoms. The highest BCUT2D eigenvalue weighted by Gasteiger charge is 2.33. The van der Waals surface area contributed by atoms with E-state index in [1.807, 2.05) is 60.7 Å². The summed E-state index contributed by atoms with van der Waals surface area (Å²) in [4.78, 5) is 29.3. The minimum absolute atomic E-state index is 0.242. The van der Waals surface area contributed by atoms with E-state index in [4.69, 9.17) is 4.74 Å². The van der Waals surface area contributed by atoms with Gasteiger partial charge in [-0.25, -0.2) is 4.79 Å². The lowest BCUT2D eigenvalue weighted by atomic mass is 9.85. The van der Waals surface area contributed by atoms with Crippen LogP contribution < -0.4 is 5.32 Å². The van der Waals surface area contributed by atoms with Crippen LogP contribution in [0.15, 0.2) is 85.1 Å². The monoisotopic (exact) mass is 360 g/mol. The van der Waals surface area contributed by atoms with Crippen molar-refractivity contribution in [3.05, 3.63) is 102 Å². The van der Waals surface area contributed by atoms with Crippen LogP contribution in [-0.4, -0.2) is 30.0 Å². The average molecular weight is 360 g/mol. The number of carbonyl (C=O) groups is 2. The van der Waals surface area contributed by atoms with Crippen LogP contribution in [0.5, 0.6) is 0 Å². The van der Waals surface area contributed by atoms with Gasteiger partial charge in [0.1, 0.15) is 11.7 Å². The fraction of sp³-hybridized carbons (Fsp3) is 0.136. The van der Waals surface area contributed by atoms with Crippen molar-refractivity contribution in [1.82, 2.24) is 10.3 Å². The summed E-state index contributed by atoms with van der Waals surface area (Å²) in [6.07, 6.45) is 1.54. The maximum Gasteiger partial charge on any atom is 0.329 e. The first-order valence-electron chi connectivity index (χ1n) is 8.60. The quantitative estimate of drug-likeness (QED) is 0.686. The van der Waals surface area contributed by atoms with Gasteiger partial charge in [0.05, 0.1) is 7.11 Å². The van der Waals surface area contributed by atoms with E-state index in [1.165, 1.54) is 13.3 Å².